The molecule has 0 aliphatic heterocycles. The maximum absolute atomic E-state index is 12.8. The number of phosphoric ester groups is 1. The van der Waals surface area contributed by atoms with Crippen molar-refractivity contribution in [2.24, 2.45) is 0 Å². The molecule has 0 aromatic heterocycles. The molecular weight excluding hydrogens is 659 g/mol. The summed E-state index contributed by atoms with van der Waals surface area (Å²) in [4.78, 5) is 25.3. The number of allylic oxidation sites excluding steroid dienone is 6. The number of aliphatic hydroxyl groups excluding tert-OH is 1. The van der Waals surface area contributed by atoms with Gasteiger partial charge in [-0.25, -0.2) is 0 Å². The number of unbranched alkanes of at least 4 members (excludes halogenated alkanes) is 18. The van der Waals surface area contributed by atoms with Crippen LogP contribution in [-0.2, 0) is 18.4 Å². The van der Waals surface area contributed by atoms with Gasteiger partial charge in [0.15, 0.2) is 0 Å². The summed E-state index contributed by atoms with van der Waals surface area (Å²) in [7, 11) is 1.29. The Labute approximate surface area is 315 Å². The summed E-state index contributed by atoms with van der Waals surface area (Å²) in [6, 6.07) is -0.803. The van der Waals surface area contributed by atoms with Crippen molar-refractivity contribution in [2.75, 3.05) is 40.9 Å². The van der Waals surface area contributed by atoms with Crippen LogP contribution < -0.4 is 10.2 Å². The first-order valence-corrected chi connectivity index (χ1v) is 22.3. The Bertz CT molecular complexity index is 933. The van der Waals surface area contributed by atoms with Gasteiger partial charge in [0.25, 0.3) is 7.82 Å². The van der Waals surface area contributed by atoms with Gasteiger partial charge in [-0.05, 0) is 44.9 Å². The van der Waals surface area contributed by atoms with E-state index in [-0.39, 0.29) is 19.1 Å². The molecule has 1 amide bonds. The minimum absolute atomic E-state index is 0.00913. The average molecular weight is 741 g/mol. The van der Waals surface area contributed by atoms with E-state index in [1.807, 2.05) is 21.1 Å². The number of likely N-dealkylation sites (N-methyl/N-ethyl adjacent to an activating group) is 1. The number of phosphoric acid groups is 1. The van der Waals surface area contributed by atoms with E-state index < -0.39 is 20.0 Å². The molecule has 51 heavy (non-hydrogen) atoms. The second-order valence-corrected chi connectivity index (χ2v) is 16.7. The van der Waals surface area contributed by atoms with E-state index in [0.717, 1.165) is 64.2 Å². The smallest absolute Gasteiger partial charge is 0.268 e. The van der Waals surface area contributed by atoms with Gasteiger partial charge in [-0.2, -0.15) is 0 Å². The second-order valence-electron chi connectivity index (χ2n) is 15.3. The quantitative estimate of drug-likeness (QED) is 0.0284. The number of carbonyl (C=O) groups is 1. The van der Waals surface area contributed by atoms with Crippen molar-refractivity contribution in [1.29, 1.82) is 0 Å². The maximum Gasteiger partial charge on any atom is 0.268 e. The van der Waals surface area contributed by atoms with Gasteiger partial charge in [0.1, 0.15) is 13.2 Å². The highest BCUT2D eigenvalue weighted by Gasteiger charge is 2.24. The van der Waals surface area contributed by atoms with Crippen molar-refractivity contribution in [2.45, 2.75) is 187 Å². The summed E-state index contributed by atoms with van der Waals surface area (Å²) in [5.74, 6) is -0.178. The van der Waals surface area contributed by atoms with Crippen LogP contribution in [0.4, 0.5) is 0 Å². The summed E-state index contributed by atoms with van der Waals surface area (Å²) >= 11 is 0. The van der Waals surface area contributed by atoms with Crippen LogP contribution in [0, 0.1) is 0 Å². The van der Waals surface area contributed by atoms with Gasteiger partial charge in [0, 0.05) is 6.42 Å². The summed E-state index contributed by atoms with van der Waals surface area (Å²) in [6.07, 6.45) is 40.0. The zero-order chi connectivity index (χ0) is 37.9. The number of amides is 1. The first kappa shape index (κ1) is 49.7. The first-order valence-electron chi connectivity index (χ1n) is 20.8. The molecule has 0 aliphatic rings. The lowest BCUT2D eigenvalue weighted by atomic mass is 10.0. The fourth-order valence-corrected chi connectivity index (χ4v) is 6.54. The second kappa shape index (κ2) is 34.5. The van der Waals surface area contributed by atoms with E-state index in [2.05, 4.69) is 55.6 Å². The van der Waals surface area contributed by atoms with Gasteiger partial charge in [0.2, 0.25) is 5.91 Å². The van der Waals surface area contributed by atoms with Gasteiger partial charge < -0.3 is 28.8 Å². The van der Waals surface area contributed by atoms with Gasteiger partial charge in [-0.3, -0.25) is 9.36 Å². The number of hydrogen-bond acceptors (Lipinski definition) is 6. The number of hydrogen-bond donors (Lipinski definition) is 2. The topological polar surface area (TPSA) is 108 Å². The van der Waals surface area contributed by atoms with Crippen LogP contribution in [-0.4, -0.2) is 68.5 Å². The largest absolute Gasteiger partial charge is 0.756 e. The number of nitrogens with one attached hydrogen (secondary N) is 1. The maximum atomic E-state index is 12.8. The summed E-state index contributed by atoms with van der Waals surface area (Å²) < 4.78 is 23.2. The van der Waals surface area contributed by atoms with Gasteiger partial charge in [-0.1, -0.05) is 159 Å². The molecule has 3 unspecified atom stereocenters. The molecule has 0 radical (unpaired) electrons. The molecule has 0 aromatic carbocycles. The molecule has 0 fully saturated rings. The third-order valence-electron chi connectivity index (χ3n) is 9.14. The van der Waals surface area contributed by atoms with E-state index in [0.29, 0.717) is 23.9 Å². The average Bonchev–Trinajstić information content (AvgIpc) is 3.07. The third-order valence-corrected chi connectivity index (χ3v) is 10.1. The molecule has 0 aliphatic carbocycles. The van der Waals surface area contributed by atoms with E-state index in [4.69, 9.17) is 9.05 Å². The van der Waals surface area contributed by atoms with Crippen LogP contribution in [0.15, 0.2) is 36.5 Å². The standard InChI is InChI=1S/C42H81N2O6P/c1-6-8-10-12-14-16-18-20-21-22-23-24-26-28-30-32-34-36-42(46)43-40(39-50-51(47,48)49-38-37-44(3,4)5)41(45)35-33-31-29-27-25-19-17-15-13-11-9-7-2/h8,10,14,16,20-21,40-41,45H,6-7,9,11-13,15,17-19,22-39H2,1-5H3,(H-,43,46,47,48)/b10-8-,16-14-,21-20-. The number of aliphatic hydroxyl groups is 1. The van der Waals surface area contributed by atoms with Gasteiger partial charge in [-0.15, -0.1) is 0 Å². The lowest BCUT2D eigenvalue weighted by Gasteiger charge is -2.30. The van der Waals surface area contributed by atoms with E-state index >= 15 is 0 Å². The molecular formula is C42H81N2O6P. The lowest BCUT2D eigenvalue weighted by molar-refractivity contribution is -0.870. The van der Waals surface area contributed by atoms with E-state index in [1.165, 1.54) is 83.5 Å². The Morgan fingerprint density at radius 2 is 1.20 bits per heavy atom. The monoisotopic (exact) mass is 741 g/mol. The minimum Gasteiger partial charge on any atom is -0.756 e. The number of nitrogens with zero attached hydrogens (tertiary/aromatic N) is 1. The van der Waals surface area contributed by atoms with Crippen molar-refractivity contribution in [3.05, 3.63) is 36.5 Å². The van der Waals surface area contributed by atoms with Crippen LogP contribution >= 0.6 is 7.82 Å². The van der Waals surface area contributed by atoms with Crippen LogP contribution in [0.1, 0.15) is 174 Å². The number of carbonyl (C=O) groups excluding carboxylic acids is 1. The van der Waals surface area contributed by atoms with Crippen LogP contribution in [0.5, 0.6) is 0 Å². The highest BCUT2D eigenvalue weighted by atomic mass is 31.2. The predicted octanol–water partition coefficient (Wildman–Crippen LogP) is 10.5. The molecule has 8 nitrogen and oxygen atoms in total. The highest BCUT2D eigenvalue weighted by Crippen LogP contribution is 2.38. The predicted molar refractivity (Wildman–Crippen MR) is 215 cm³/mol. The first-order chi connectivity index (χ1) is 24.5. The molecule has 9 heteroatoms. The van der Waals surface area contributed by atoms with E-state index in [1.54, 1.807) is 0 Å². The fourth-order valence-electron chi connectivity index (χ4n) is 5.82. The summed E-state index contributed by atoms with van der Waals surface area (Å²) in [6.45, 7) is 4.58. The van der Waals surface area contributed by atoms with Crippen LogP contribution in [0.2, 0.25) is 0 Å². The molecule has 0 saturated carbocycles. The zero-order valence-corrected chi connectivity index (χ0v) is 34.7. The van der Waals surface area contributed by atoms with E-state index in [9.17, 15) is 19.4 Å². The Kier molecular flexibility index (Phi) is 33.6. The molecule has 0 saturated heterocycles. The van der Waals surface area contributed by atoms with Crippen molar-refractivity contribution in [3.63, 3.8) is 0 Å². The van der Waals surface area contributed by atoms with Crippen molar-refractivity contribution in [3.8, 4) is 0 Å². The van der Waals surface area contributed by atoms with Gasteiger partial charge >= 0.3 is 0 Å². The van der Waals surface area contributed by atoms with Crippen molar-refractivity contribution in [1.82, 2.24) is 5.32 Å². The minimum atomic E-state index is -4.56. The van der Waals surface area contributed by atoms with Crippen molar-refractivity contribution >= 4 is 13.7 Å². The third kappa shape index (κ3) is 36.9. The molecule has 300 valence electrons. The Morgan fingerprint density at radius 1 is 0.706 bits per heavy atom. The summed E-state index contributed by atoms with van der Waals surface area (Å²) in [5.41, 5.74) is 0. The Balaban J connectivity index is 4.41. The number of rotatable bonds is 37. The molecule has 0 spiro atoms. The summed E-state index contributed by atoms with van der Waals surface area (Å²) in [5, 5.41) is 13.9. The Morgan fingerprint density at radius 3 is 1.75 bits per heavy atom. The normalized spacial score (nSPS) is 14.9. The highest BCUT2D eigenvalue weighted by molar-refractivity contribution is 7.45. The number of quaternary nitrogens is 1. The SMILES string of the molecule is CC/C=C\C/C=C\C/C=C\CCCCCCCCCC(=O)NC(COP(=O)([O-])OCC[N+](C)(C)C)C(O)CCCCCCCCCCCCCC. The van der Waals surface area contributed by atoms with Gasteiger partial charge in [0.05, 0.1) is 39.9 Å². The lowest BCUT2D eigenvalue weighted by Crippen LogP contribution is -2.46. The molecule has 0 rings (SSSR count). The molecule has 0 bridgehead atoms. The molecule has 3 atom stereocenters. The van der Waals surface area contributed by atoms with Crippen molar-refractivity contribution < 1.29 is 32.9 Å². The Hall–Kier alpha value is -1.28. The zero-order valence-electron chi connectivity index (χ0n) is 33.8. The molecule has 0 heterocycles. The fraction of sp³-hybridized carbons (Fsp3) is 0.833. The molecule has 0 aromatic rings. The van der Waals surface area contributed by atoms with Crippen LogP contribution in [0.25, 0.3) is 0 Å². The molecule has 2 N–H and O–H groups in total. The van der Waals surface area contributed by atoms with Crippen LogP contribution in [0.3, 0.4) is 0 Å².